The summed E-state index contributed by atoms with van der Waals surface area (Å²) in [5.74, 6) is -0.378. The predicted molar refractivity (Wildman–Crippen MR) is 64.7 cm³/mol. The molecule has 4 nitrogen and oxygen atoms in total. The summed E-state index contributed by atoms with van der Waals surface area (Å²) in [6.45, 7) is 6.18. The van der Waals surface area contributed by atoms with Crippen molar-refractivity contribution in [3.05, 3.63) is 48.8 Å². The monoisotopic (exact) mass is 232 g/mol. The molecule has 0 aliphatic carbocycles. The van der Waals surface area contributed by atoms with Crippen molar-refractivity contribution in [1.29, 1.82) is 0 Å². The zero-order valence-electron chi connectivity index (χ0n) is 9.52. The van der Waals surface area contributed by atoms with Crippen LogP contribution in [0, 0.1) is 12.7 Å². The Morgan fingerprint density at radius 1 is 1.53 bits per heavy atom. The van der Waals surface area contributed by atoms with Crippen molar-refractivity contribution in [2.75, 3.05) is 11.9 Å². The first-order valence-electron chi connectivity index (χ1n) is 5.22. The summed E-state index contributed by atoms with van der Waals surface area (Å²) in [4.78, 5) is 3.79. The van der Waals surface area contributed by atoms with Gasteiger partial charge in [-0.1, -0.05) is 6.08 Å². The highest BCUT2D eigenvalue weighted by atomic mass is 19.1. The molecule has 2 heterocycles. The van der Waals surface area contributed by atoms with Crippen LogP contribution in [0.3, 0.4) is 0 Å². The molecule has 0 aliphatic heterocycles. The van der Waals surface area contributed by atoms with Crippen LogP contribution in [0.1, 0.15) is 5.69 Å². The van der Waals surface area contributed by atoms with Crippen LogP contribution >= 0.6 is 0 Å². The number of nitrogens with one attached hydrogen (secondary N) is 1. The molecule has 0 aliphatic rings. The van der Waals surface area contributed by atoms with E-state index < -0.39 is 0 Å². The molecule has 0 saturated carbocycles. The van der Waals surface area contributed by atoms with Crippen LogP contribution in [0.15, 0.2) is 37.3 Å². The van der Waals surface area contributed by atoms with Gasteiger partial charge in [-0.25, -0.2) is 9.07 Å². The molecule has 17 heavy (non-hydrogen) atoms. The highest BCUT2D eigenvalue weighted by Gasteiger charge is 2.06. The number of halogens is 1. The molecule has 0 aromatic carbocycles. The van der Waals surface area contributed by atoms with E-state index in [4.69, 9.17) is 0 Å². The summed E-state index contributed by atoms with van der Waals surface area (Å²) in [5, 5.41) is 7.44. The molecule has 88 valence electrons. The number of hydrogen-bond acceptors (Lipinski definition) is 3. The lowest BCUT2D eigenvalue weighted by Gasteiger charge is -2.00. The van der Waals surface area contributed by atoms with Crippen LogP contribution in [0.2, 0.25) is 0 Å². The van der Waals surface area contributed by atoms with Crippen molar-refractivity contribution in [3.63, 3.8) is 0 Å². The Morgan fingerprint density at radius 3 is 3.06 bits per heavy atom. The molecule has 0 spiro atoms. The van der Waals surface area contributed by atoms with Crippen molar-refractivity contribution in [3.8, 4) is 5.69 Å². The Balaban J connectivity index is 2.30. The number of nitrogens with zero attached hydrogens (tertiary/aromatic N) is 3. The van der Waals surface area contributed by atoms with Crippen molar-refractivity contribution >= 4 is 5.69 Å². The minimum atomic E-state index is -0.378. The first-order chi connectivity index (χ1) is 8.20. The first kappa shape index (κ1) is 11.3. The molecule has 0 bridgehead atoms. The second kappa shape index (κ2) is 4.78. The van der Waals surface area contributed by atoms with Crippen LogP contribution in [0.25, 0.3) is 5.69 Å². The van der Waals surface area contributed by atoms with E-state index in [-0.39, 0.29) is 5.82 Å². The second-order valence-electron chi connectivity index (χ2n) is 3.60. The molecule has 2 aromatic heterocycles. The number of hydrogen-bond donors (Lipinski definition) is 1. The van der Waals surface area contributed by atoms with Gasteiger partial charge in [-0.15, -0.1) is 6.58 Å². The fourth-order valence-corrected chi connectivity index (χ4v) is 1.47. The van der Waals surface area contributed by atoms with Crippen LogP contribution in [0.5, 0.6) is 0 Å². The Hall–Kier alpha value is -2.17. The fraction of sp³-hybridized carbons (Fsp3) is 0.167. The zero-order valence-corrected chi connectivity index (χ0v) is 9.52. The Bertz CT molecular complexity index is 533. The van der Waals surface area contributed by atoms with Gasteiger partial charge in [-0.3, -0.25) is 4.98 Å². The van der Waals surface area contributed by atoms with Crippen molar-refractivity contribution < 1.29 is 4.39 Å². The quantitative estimate of drug-likeness (QED) is 0.822. The van der Waals surface area contributed by atoms with Gasteiger partial charge in [0.1, 0.15) is 5.82 Å². The molecule has 1 N–H and O–H groups in total. The van der Waals surface area contributed by atoms with Gasteiger partial charge in [-0.05, 0) is 6.92 Å². The van der Waals surface area contributed by atoms with E-state index in [1.165, 1.54) is 6.07 Å². The highest BCUT2D eigenvalue weighted by molar-refractivity contribution is 5.48. The lowest BCUT2D eigenvalue weighted by Crippen LogP contribution is -1.97. The zero-order chi connectivity index (χ0) is 12.3. The number of aryl methyl sites for hydroxylation is 1. The van der Waals surface area contributed by atoms with Gasteiger partial charge in [0.15, 0.2) is 0 Å². The standard InChI is InChI=1S/C12H13FN4/c1-3-4-15-12-8-17(16-9(12)2)11-5-10(13)6-14-7-11/h3,5-8,15H,1,4H2,2H3. The minimum absolute atomic E-state index is 0.378. The fourth-order valence-electron chi connectivity index (χ4n) is 1.47. The summed E-state index contributed by atoms with van der Waals surface area (Å²) < 4.78 is 14.6. The smallest absolute Gasteiger partial charge is 0.143 e. The normalized spacial score (nSPS) is 10.2. The summed E-state index contributed by atoms with van der Waals surface area (Å²) in [7, 11) is 0. The average molecular weight is 232 g/mol. The Morgan fingerprint density at radius 2 is 2.35 bits per heavy atom. The average Bonchev–Trinajstić information content (AvgIpc) is 2.68. The van der Waals surface area contributed by atoms with E-state index in [0.717, 1.165) is 17.6 Å². The third-order valence-electron chi connectivity index (χ3n) is 2.29. The van der Waals surface area contributed by atoms with Gasteiger partial charge in [0.2, 0.25) is 0 Å². The van der Waals surface area contributed by atoms with E-state index in [0.29, 0.717) is 12.2 Å². The maximum atomic E-state index is 13.0. The van der Waals surface area contributed by atoms with E-state index >= 15 is 0 Å². The van der Waals surface area contributed by atoms with Crippen LogP contribution in [-0.4, -0.2) is 21.3 Å². The van der Waals surface area contributed by atoms with Gasteiger partial charge < -0.3 is 5.32 Å². The molecule has 2 rings (SSSR count). The number of aromatic nitrogens is 3. The predicted octanol–water partition coefficient (Wildman–Crippen LogP) is 2.31. The molecule has 0 radical (unpaired) electrons. The summed E-state index contributed by atoms with van der Waals surface area (Å²) >= 11 is 0. The maximum Gasteiger partial charge on any atom is 0.143 e. The van der Waals surface area contributed by atoms with E-state index in [9.17, 15) is 4.39 Å². The Labute approximate surface area is 98.8 Å². The molecule has 0 unspecified atom stereocenters. The molecule has 0 saturated heterocycles. The van der Waals surface area contributed by atoms with Gasteiger partial charge in [0.25, 0.3) is 0 Å². The summed E-state index contributed by atoms with van der Waals surface area (Å²) in [6, 6.07) is 1.39. The van der Waals surface area contributed by atoms with Gasteiger partial charge in [-0.2, -0.15) is 5.10 Å². The molecule has 0 atom stereocenters. The molecule has 5 heteroatoms. The Kier molecular flexibility index (Phi) is 3.18. The number of rotatable bonds is 4. The van der Waals surface area contributed by atoms with E-state index in [2.05, 4.69) is 22.0 Å². The largest absolute Gasteiger partial charge is 0.379 e. The van der Waals surface area contributed by atoms with Crippen molar-refractivity contribution in [2.45, 2.75) is 6.92 Å². The molecule has 2 aromatic rings. The molecular weight excluding hydrogens is 219 g/mol. The van der Waals surface area contributed by atoms with Crippen molar-refractivity contribution in [1.82, 2.24) is 14.8 Å². The minimum Gasteiger partial charge on any atom is -0.379 e. The second-order valence-corrected chi connectivity index (χ2v) is 3.60. The van der Waals surface area contributed by atoms with Crippen LogP contribution in [0.4, 0.5) is 10.1 Å². The van der Waals surface area contributed by atoms with Crippen molar-refractivity contribution in [2.24, 2.45) is 0 Å². The molecular formula is C12H13FN4. The lowest BCUT2D eigenvalue weighted by atomic mass is 10.4. The SMILES string of the molecule is C=CCNc1cn(-c2cncc(F)c2)nc1C. The number of anilines is 1. The van der Waals surface area contributed by atoms with Gasteiger partial charge in [0, 0.05) is 12.6 Å². The summed E-state index contributed by atoms with van der Waals surface area (Å²) in [5.41, 5.74) is 2.34. The third-order valence-corrected chi connectivity index (χ3v) is 2.29. The topological polar surface area (TPSA) is 42.7 Å². The van der Waals surface area contributed by atoms with Gasteiger partial charge >= 0.3 is 0 Å². The van der Waals surface area contributed by atoms with E-state index in [1.54, 1.807) is 23.2 Å². The van der Waals surface area contributed by atoms with Crippen LogP contribution in [-0.2, 0) is 0 Å². The number of pyridine rings is 1. The highest BCUT2D eigenvalue weighted by Crippen LogP contribution is 2.16. The van der Waals surface area contributed by atoms with Gasteiger partial charge in [0.05, 0.1) is 35.7 Å². The van der Waals surface area contributed by atoms with Crippen LogP contribution < -0.4 is 5.32 Å². The summed E-state index contributed by atoms with van der Waals surface area (Å²) in [6.07, 6.45) is 6.29. The molecule has 0 fully saturated rings. The lowest BCUT2D eigenvalue weighted by molar-refractivity contribution is 0.618. The first-order valence-corrected chi connectivity index (χ1v) is 5.22. The van der Waals surface area contributed by atoms with E-state index in [1.807, 2.05) is 6.92 Å². The maximum absolute atomic E-state index is 13.0. The molecule has 0 amide bonds. The third kappa shape index (κ3) is 2.50.